The molecule has 3 aromatic rings. The number of methoxy groups -OCH3 is 2. The van der Waals surface area contributed by atoms with Crippen molar-refractivity contribution in [1.29, 1.82) is 0 Å². The fourth-order valence-corrected chi connectivity index (χ4v) is 5.94. The van der Waals surface area contributed by atoms with Gasteiger partial charge in [0.05, 0.1) is 20.6 Å². The van der Waals surface area contributed by atoms with Gasteiger partial charge < -0.3 is 29.2 Å². The zero-order chi connectivity index (χ0) is 27.2. The van der Waals surface area contributed by atoms with Crippen LogP contribution in [0.5, 0.6) is 23.0 Å². The maximum Gasteiger partial charge on any atom is 0.247 e. The maximum absolute atomic E-state index is 14.1. The van der Waals surface area contributed by atoms with Crippen molar-refractivity contribution in [3.8, 4) is 23.0 Å². The summed E-state index contributed by atoms with van der Waals surface area (Å²) in [6.07, 6.45) is 5.40. The highest BCUT2D eigenvalue weighted by molar-refractivity contribution is 7.10. The van der Waals surface area contributed by atoms with Crippen molar-refractivity contribution in [3.63, 3.8) is 0 Å². The van der Waals surface area contributed by atoms with Crippen LogP contribution in [0, 0.1) is 0 Å². The lowest BCUT2D eigenvalue weighted by molar-refractivity contribution is -0.141. The number of amides is 2. The highest BCUT2D eigenvalue weighted by atomic mass is 32.1. The Morgan fingerprint density at radius 1 is 1.03 bits per heavy atom. The third-order valence-electron chi connectivity index (χ3n) is 7.26. The Kier molecular flexibility index (Phi) is 8.56. The van der Waals surface area contributed by atoms with E-state index in [4.69, 9.17) is 18.9 Å². The third kappa shape index (κ3) is 6.30. The molecule has 1 saturated carbocycles. The summed E-state index contributed by atoms with van der Waals surface area (Å²) in [5, 5.41) is 5.21. The summed E-state index contributed by atoms with van der Waals surface area (Å²) in [5.41, 5.74) is 1.44. The highest BCUT2D eigenvalue weighted by Crippen LogP contribution is 2.37. The van der Waals surface area contributed by atoms with Crippen molar-refractivity contribution in [2.24, 2.45) is 0 Å². The summed E-state index contributed by atoms with van der Waals surface area (Å²) >= 11 is 1.52. The van der Waals surface area contributed by atoms with Crippen molar-refractivity contribution in [2.75, 3.05) is 21.0 Å². The molecule has 1 aromatic heterocycles. The molecule has 1 atom stereocenters. The van der Waals surface area contributed by atoms with Gasteiger partial charge in [-0.2, -0.15) is 0 Å². The Hall–Kier alpha value is -3.72. The van der Waals surface area contributed by atoms with E-state index in [1.165, 1.54) is 17.8 Å². The molecular weight excluding hydrogens is 516 g/mol. The molecule has 0 saturated heterocycles. The number of rotatable bonds is 10. The number of thiophene rings is 1. The molecule has 2 heterocycles. The second-order valence-corrected chi connectivity index (χ2v) is 10.9. The summed E-state index contributed by atoms with van der Waals surface area (Å²) in [5.74, 6) is 2.01. The largest absolute Gasteiger partial charge is 0.497 e. The second kappa shape index (κ2) is 12.4. The Balaban J connectivity index is 1.55. The van der Waals surface area contributed by atoms with Crippen LogP contribution >= 0.6 is 11.3 Å². The number of nitrogens with zero attached hydrogens (tertiary/aromatic N) is 1. The number of hydrogen-bond acceptors (Lipinski definition) is 7. The van der Waals surface area contributed by atoms with E-state index in [2.05, 4.69) is 5.32 Å². The first kappa shape index (κ1) is 26.9. The van der Waals surface area contributed by atoms with Crippen LogP contribution in [-0.4, -0.2) is 43.8 Å². The topological polar surface area (TPSA) is 86.3 Å². The molecule has 1 N–H and O–H groups in total. The van der Waals surface area contributed by atoms with Gasteiger partial charge in [0.2, 0.25) is 18.6 Å². The molecule has 8 nitrogen and oxygen atoms in total. The standard InChI is InChI=1S/C30H34N2O6S/c1-35-22-11-12-24(26(16-22)36-2)29(30(34)31-21-7-4-3-5-8-21)32(28(33)17-23-9-6-14-39-23)18-20-10-13-25-27(15-20)38-19-37-25/h6,9-16,21,29H,3-5,7-8,17-19H2,1-2H3,(H,31,34). The Bertz CT molecular complexity index is 1290. The van der Waals surface area contributed by atoms with E-state index in [0.29, 0.717) is 28.6 Å². The second-order valence-electron chi connectivity index (χ2n) is 9.82. The summed E-state index contributed by atoms with van der Waals surface area (Å²) in [4.78, 5) is 30.7. The van der Waals surface area contributed by atoms with Crippen LogP contribution in [0.3, 0.4) is 0 Å². The first-order chi connectivity index (χ1) is 19.1. The molecule has 0 spiro atoms. The van der Waals surface area contributed by atoms with Crippen LogP contribution in [0.4, 0.5) is 0 Å². The van der Waals surface area contributed by atoms with Gasteiger partial charge in [-0.1, -0.05) is 31.4 Å². The van der Waals surface area contributed by atoms with Gasteiger partial charge in [0, 0.05) is 29.1 Å². The zero-order valence-corrected chi connectivity index (χ0v) is 23.1. The van der Waals surface area contributed by atoms with Crippen molar-refractivity contribution >= 4 is 23.2 Å². The van der Waals surface area contributed by atoms with Crippen molar-refractivity contribution in [2.45, 2.75) is 57.2 Å². The van der Waals surface area contributed by atoms with E-state index in [1.807, 2.05) is 41.8 Å². The molecule has 5 rings (SSSR count). The van der Waals surface area contributed by atoms with E-state index in [1.54, 1.807) is 31.3 Å². The predicted octanol–water partition coefficient (Wildman–Crippen LogP) is 5.26. The molecule has 0 radical (unpaired) electrons. The van der Waals surface area contributed by atoms with Gasteiger partial charge in [-0.25, -0.2) is 0 Å². The smallest absolute Gasteiger partial charge is 0.247 e. The molecule has 2 aromatic carbocycles. The van der Waals surface area contributed by atoms with E-state index in [-0.39, 0.29) is 37.6 Å². The summed E-state index contributed by atoms with van der Waals surface area (Å²) in [6.45, 7) is 0.369. The fourth-order valence-electron chi connectivity index (χ4n) is 5.25. The minimum Gasteiger partial charge on any atom is -0.497 e. The predicted molar refractivity (Wildman–Crippen MR) is 148 cm³/mol. The molecule has 0 bridgehead atoms. The van der Waals surface area contributed by atoms with Gasteiger partial charge in [-0.3, -0.25) is 9.59 Å². The molecule has 39 heavy (non-hydrogen) atoms. The number of carbonyl (C=O) groups is 2. The van der Waals surface area contributed by atoms with E-state index in [0.717, 1.165) is 36.1 Å². The maximum atomic E-state index is 14.1. The van der Waals surface area contributed by atoms with Gasteiger partial charge in [-0.05, 0) is 54.1 Å². The van der Waals surface area contributed by atoms with Crippen LogP contribution in [0.1, 0.15) is 54.1 Å². The van der Waals surface area contributed by atoms with Gasteiger partial charge in [0.15, 0.2) is 11.5 Å². The van der Waals surface area contributed by atoms with Crippen LogP contribution in [0.15, 0.2) is 53.9 Å². The van der Waals surface area contributed by atoms with Gasteiger partial charge >= 0.3 is 0 Å². The minimum absolute atomic E-state index is 0.0813. The van der Waals surface area contributed by atoms with Crippen LogP contribution < -0.4 is 24.3 Å². The van der Waals surface area contributed by atoms with E-state index in [9.17, 15) is 9.59 Å². The normalized spacial score (nSPS) is 15.4. The average molecular weight is 551 g/mol. The first-order valence-electron chi connectivity index (χ1n) is 13.3. The van der Waals surface area contributed by atoms with E-state index < -0.39 is 6.04 Å². The molecule has 1 fully saturated rings. The monoisotopic (exact) mass is 550 g/mol. The quantitative estimate of drug-likeness (QED) is 0.371. The van der Waals surface area contributed by atoms with Crippen LogP contribution in [0.25, 0.3) is 0 Å². The molecule has 1 aliphatic heterocycles. The summed E-state index contributed by atoms with van der Waals surface area (Å²) in [6, 6.07) is 14.0. The number of fused-ring (bicyclic) bond motifs is 1. The minimum atomic E-state index is -0.911. The summed E-state index contributed by atoms with van der Waals surface area (Å²) in [7, 11) is 3.14. The molecule has 2 aliphatic rings. The highest BCUT2D eigenvalue weighted by Gasteiger charge is 2.35. The number of hydrogen-bond donors (Lipinski definition) is 1. The molecule has 206 valence electrons. The van der Waals surface area contributed by atoms with Crippen molar-refractivity contribution < 1.29 is 28.5 Å². The molecule has 9 heteroatoms. The number of nitrogens with one attached hydrogen (secondary N) is 1. The Labute approximate surface area is 232 Å². The van der Waals surface area contributed by atoms with Crippen LogP contribution in [-0.2, 0) is 22.6 Å². The van der Waals surface area contributed by atoms with Crippen molar-refractivity contribution in [3.05, 3.63) is 69.9 Å². The molecular formula is C30H34N2O6S. The molecule has 2 amide bonds. The van der Waals surface area contributed by atoms with Crippen molar-refractivity contribution in [1.82, 2.24) is 10.2 Å². The fraction of sp³-hybridized carbons (Fsp3) is 0.400. The lowest BCUT2D eigenvalue weighted by Gasteiger charge is -2.34. The number of carbonyl (C=O) groups excluding carboxylic acids is 2. The first-order valence-corrected chi connectivity index (χ1v) is 14.2. The Morgan fingerprint density at radius 3 is 2.59 bits per heavy atom. The number of benzene rings is 2. The van der Waals surface area contributed by atoms with E-state index >= 15 is 0 Å². The third-order valence-corrected chi connectivity index (χ3v) is 8.14. The molecule has 1 aliphatic carbocycles. The zero-order valence-electron chi connectivity index (χ0n) is 22.3. The molecule has 1 unspecified atom stereocenters. The van der Waals surface area contributed by atoms with Gasteiger partial charge in [-0.15, -0.1) is 11.3 Å². The van der Waals surface area contributed by atoms with Gasteiger partial charge in [0.25, 0.3) is 0 Å². The summed E-state index contributed by atoms with van der Waals surface area (Å²) < 4.78 is 22.2. The lowest BCUT2D eigenvalue weighted by atomic mass is 9.94. The van der Waals surface area contributed by atoms with Crippen LogP contribution in [0.2, 0.25) is 0 Å². The lowest BCUT2D eigenvalue weighted by Crippen LogP contribution is -2.47. The Morgan fingerprint density at radius 2 is 1.85 bits per heavy atom. The number of ether oxygens (including phenoxy) is 4. The SMILES string of the molecule is COc1ccc(C(C(=O)NC2CCCCC2)N(Cc2ccc3c(c2)OCO3)C(=O)Cc2cccs2)c(OC)c1. The average Bonchev–Trinajstić information content (AvgIpc) is 3.65. The van der Waals surface area contributed by atoms with Gasteiger partial charge in [0.1, 0.15) is 17.5 Å².